The van der Waals surface area contributed by atoms with Crippen molar-refractivity contribution >= 4 is 17.3 Å². The number of carbonyl (C=O) groups is 1. The molecule has 2 aliphatic heterocycles. The summed E-state index contributed by atoms with van der Waals surface area (Å²) in [5.41, 5.74) is 2.43. The first-order valence-electron chi connectivity index (χ1n) is 9.59. The SMILES string of the molecule is CC1CCCN(C(=O)CCNc2ccc(N3CCCCC3)cc2)C1. The smallest absolute Gasteiger partial charge is 0.224 e. The summed E-state index contributed by atoms with van der Waals surface area (Å²) in [4.78, 5) is 16.8. The van der Waals surface area contributed by atoms with Gasteiger partial charge in [-0.3, -0.25) is 4.79 Å². The number of carbonyl (C=O) groups excluding carboxylic acids is 1. The van der Waals surface area contributed by atoms with E-state index in [9.17, 15) is 4.79 Å². The Morgan fingerprint density at radius 1 is 1.08 bits per heavy atom. The largest absolute Gasteiger partial charge is 0.385 e. The molecule has 2 saturated heterocycles. The highest BCUT2D eigenvalue weighted by atomic mass is 16.2. The Hall–Kier alpha value is -1.71. The van der Waals surface area contributed by atoms with Crippen LogP contribution < -0.4 is 10.2 Å². The molecular formula is C20H31N3O. The van der Waals surface area contributed by atoms with Crippen molar-refractivity contribution in [1.29, 1.82) is 0 Å². The van der Waals surface area contributed by atoms with Gasteiger partial charge >= 0.3 is 0 Å². The van der Waals surface area contributed by atoms with Crippen molar-refractivity contribution in [2.24, 2.45) is 5.92 Å². The Balaban J connectivity index is 1.42. The van der Waals surface area contributed by atoms with E-state index >= 15 is 0 Å². The Bertz CT molecular complexity index is 522. The zero-order valence-electron chi connectivity index (χ0n) is 15.0. The summed E-state index contributed by atoms with van der Waals surface area (Å²) < 4.78 is 0. The van der Waals surface area contributed by atoms with E-state index in [1.54, 1.807) is 0 Å². The third kappa shape index (κ3) is 4.65. The van der Waals surface area contributed by atoms with Crippen molar-refractivity contribution in [3.05, 3.63) is 24.3 Å². The average Bonchev–Trinajstić information content (AvgIpc) is 2.63. The summed E-state index contributed by atoms with van der Waals surface area (Å²) in [6, 6.07) is 8.67. The van der Waals surface area contributed by atoms with E-state index in [4.69, 9.17) is 0 Å². The van der Waals surface area contributed by atoms with Crippen molar-refractivity contribution in [2.45, 2.75) is 45.4 Å². The van der Waals surface area contributed by atoms with Gasteiger partial charge in [0.05, 0.1) is 0 Å². The molecule has 3 rings (SSSR count). The zero-order chi connectivity index (χ0) is 16.8. The van der Waals surface area contributed by atoms with Crippen LogP contribution in [-0.2, 0) is 4.79 Å². The van der Waals surface area contributed by atoms with Gasteiger partial charge in [-0.25, -0.2) is 0 Å². The standard InChI is InChI=1S/C20H31N3O/c1-17-6-5-15-23(16-17)20(24)11-12-21-18-7-9-19(10-8-18)22-13-3-2-4-14-22/h7-10,17,21H,2-6,11-16H2,1H3. The molecular weight excluding hydrogens is 298 g/mol. The second-order valence-electron chi connectivity index (χ2n) is 7.36. The lowest BCUT2D eigenvalue weighted by molar-refractivity contribution is -0.132. The maximum absolute atomic E-state index is 12.3. The van der Waals surface area contributed by atoms with Crippen LogP contribution in [0.5, 0.6) is 0 Å². The third-order valence-electron chi connectivity index (χ3n) is 5.27. The number of benzene rings is 1. The van der Waals surface area contributed by atoms with Crippen molar-refractivity contribution in [1.82, 2.24) is 4.90 Å². The topological polar surface area (TPSA) is 35.6 Å². The Kier molecular flexibility index (Phi) is 6.00. The lowest BCUT2D eigenvalue weighted by Crippen LogP contribution is -2.39. The highest BCUT2D eigenvalue weighted by molar-refractivity contribution is 5.76. The van der Waals surface area contributed by atoms with Crippen LogP contribution in [0.15, 0.2) is 24.3 Å². The summed E-state index contributed by atoms with van der Waals surface area (Å²) >= 11 is 0. The molecule has 132 valence electrons. The van der Waals surface area contributed by atoms with Crippen LogP contribution in [0.1, 0.15) is 45.4 Å². The second kappa shape index (κ2) is 8.41. The maximum Gasteiger partial charge on any atom is 0.224 e. The monoisotopic (exact) mass is 329 g/mol. The molecule has 0 aromatic heterocycles. The van der Waals surface area contributed by atoms with Gasteiger partial charge in [0.15, 0.2) is 0 Å². The van der Waals surface area contributed by atoms with Crippen LogP contribution in [0, 0.1) is 5.92 Å². The fourth-order valence-corrected chi connectivity index (χ4v) is 3.83. The number of amides is 1. The van der Waals surface area contributed by atoms with Gasteiger partial charge in [0.25, 0.3) is 0 Å². The van der Waals surface area contributed by atoms with Crippen molar-refractivity contribution < 1.29 is 4.79 Å². The number of nitrogens with one attached hydrogen (secondary N) is 1. The predicted octanol–water partition coefficient (Wildman–Crippen LogP) is 3.74. The number of nitrogens with zero attached hydrogens (tertiary/aromatic N) is 2. The molecule has 2 heterocycles. The molecule has 24 heavy (non-hydrogen) atoms. The van der Waals surface area contributed by atoms with E-state index in [1.807, 2.05) is 4.90 Å². The maximum atomic E-state index is 12.3. The minimum atomic E-state index is 0.291. The molecule has 1 atom stereocenters. The molecule has 2 fully saturated rings. The highest BCUT2D eigenvalue weighted by Gasteiger charge is 2.20. The molecule has 0 saturated carbocycles. The second-order valence-corrected chi connectivity index (χ2v) is 7.36. The van der Waals surface area contributed by atoms with Gasteiger partial charge < -0.3 is 15.1 Å². The van der Waals surface area contributed by atoms with Crippen LogP contribution in [-0.4, -0.2) is 43.5 Å². The number of anilines is 2. The number of hydrogen-bond acceptors (Lipinski definition) is 3. The van der Waals surface area contributed by atoms with Crippen LogP contribution >= 0.6 is 0 Å². The number of hydrogen-bond donors (Lipinski definition) is 1. The van der Waals surface area contributed by atoms with Crippen LogP contribution in [0.4, 0.5) is 11.4 Å². The molecule has 1 aromatic rings. The lowest BCUT2D eigenvalue weighted by atomic mass is 10.00. The van der Waals surface area contributed by atoms with Gasteiger partial charge in [-0.05, 0) is 62.3 Å². The van der Waals surface area contributed by atoms with Crippen molar-refractivity contribution in [3.63, 3.8) is 0 Å². The Labute approximate surface area is 146 Å². The van der Waals surface area contributed by atoms with Crippen molar-refractivity contribution in [3.8, 4) is 0 Å². The first kappa shape index (κ1) is 17.1. The summed E-state index contributed by atoms with van der Waals surface area (Å²) in [5, 5.41) is 3.39. The zero-order valence-corrected chi connectivity index (χ0v) is 15.0. The fourth-order valence-electron chi connectivity index (χ4n) is 3.83. The van der Waals surface area contributed by atoms with E-state index in [0.29, 0.717) is 24.8 Å². The van der Waals surface area contributed by atoms with E-state index in [2.05, 4.69) is 41.4 Å². The van der Waals surface area contributed by atoms with Gasteiger partial charge in [-0.1, -0.05) is 6.92 Å². The highest BCUT2D eigenvalue weighted by Crippen LogP contribution is 2.22. The summed E-state index contributed by atoms with van der Waals surface area (Å²) in [6.45, 7) is 7.18. The molecule has 4 nitrogen and oxygen atoms in total. The van der Waals surface area contributed by atoms with Crippen LogP contribution in [0.25, 0.3) is 0 Å². The van der Waals surface area contributed by atoms with E-state index in [0.717, 1.165) is 25.2 Å². The van der Waals surface area contributed by atoms with Gasteiger partial charge in [0, 0.05) is 50.5 Å². The molecule has 0 spiro atoms. The Morgan fingerprint density at radius 2 is 1.83 bits per heavy atom. The molecule has 1 unspecified atom stereocenters. The summed E-state index contributed by atoms with van der Waals surface area (Å²) in [5.74, 6) is 0.942. The molecule has 0 aliphatic carbocycles. The molecule has 1 N–H and O–H groups in total. The minimum absolute atomic E-state index is 0.291. The molecule has 2 aliphatic rings. The van der Waals surface area contributed by atoms with Crippen LogP contribution in [0.3, 0.4) is 0 Å². The lowest BCUT2D eigenvalue weighted by Gasteiger charge is -2.31. The first-order chi connectivity index (χ1) is 11.7. The van der Waals surface area contributed by atoms with E-state index < -0.39 is 0 Å². The average molecular weight is 329 g/mol. The summed E-state index contributed by atoms with van der Waals surface area (Å²) in [6.07, 6.45) is 6.96. The number of likely N-dealkylation sites (tertiary alicyclic amines) is 1. The van der Waals surface area contributed by atoms with Gasteiger partial charge in [0.1, 0.15) is 0 Å². The first-order valence-corrected chi connectivity index (χ1v) is 9.59. The fraction of sp³-hybridized carbons (Fsp3) is 0.650. The molecule has 0 bridgehead atoms. The van der Waals surface area contributed by atoms with Gasteiger partial charge in [0.2, 0.25) is 5.91 Å². The van der Waals surface area contributed by atoms with Crippen LogP contribution in [0.2, 0.25) is 0 Å². The molecule has 0 radical (unpaired) electrons. The molecule has 4 heteroatoms. The van der Waals surface area contributed by atoms with Gasteiger partial charge in [-0.15, -0.1) is 0 Å². The van der Waals surface area contributed by atoms with Crippen molar-refractivity contribution in [2.75, 3.05) is 42.9 Å². The minimum Gasteiger partial charge on any atom is -0.385 e. The normalized spacial score (nSPS) is 21.6. The Morgan fingerprint density at radius 3 is 2.54 bits per heavy atom. The predicted molar refractivity (Wildman–Crippen MR) is 101 cm³/mol. The van der Waals surface area contributed by atoms with E-state index in [-0.39, 0.29) is 0 Å². The van der Waals surface area contributed by atoms with E-state index in [1.165, 1.54) is 44.5 Å². The third-order valence-corrected chi connectivity index (χ3v) is 5.27. The number of rotatable bonds is 5. The number of piperidine rings is 2. The quantitative estimate of drug-likeness (QED) is 0.894. The molecule has 1 amide bonds. The van der Waals surface area contributed by atoms with Gasteiger partial charge in [-0.2, -0.15) is 0 Å². The summed E-state index contributed by atoms with van der Waals surface area (Å²) in [7, 11) is 0. The molecule has 1 aromatic carbocycles.